The van der Waals surface area contributed by atoms with Crippen LogP contribution in [-0.4, -0.2) is 57.4 Å². The highest BCUT2D eigenvalue weighted by Gasteiger charge is 2.12. The number of methoxy groups -OCH3 is 1. The van der Waals surface area contributed by atoms with Crippen LogP contribution >= 0.6 is 11.6 Å². The van der Waals surface area contributed by atoms with Gasteiger partial charge in [-0.3, -0.25) is 14.4 Å². The van der Waals surface area contributed by atoms with E-state index in [-0.39, 0.29) is 12.5 Å². The van der Waals surface area contributed by atoms with Crippen LogP contribution in [0.25, 0.3) is 0 Å². The molecule has 182 valence electrons. The Kier molecular flexibility index (Phi) is 11.4. The van der Waals surface area contributed by atoms with Gasteiger partial charge in [0.05, 0.1) is 12.8 Å². The fraction of sp³-hybridized carbons (Fsp3) is 0.304. The van der Waals surface area contributed by atoms with Crippen LogP contribution in [0, 0.1) is 0 Å². The Balaban J connectivity index is 1.90. The predicted molar refractivity (Wildman–Crippen MR) is 128 cm³/mol. The second kappa shape index (κ2) is 14.5. The minimum Gasteiger partial charge on any atom is -0.490 e. The summed E-state index contributed by atoms with van der Waals surface area (Å²) >= 11 is 5.91. The molecule has 11 heteroatoms. The minimum absolute atomic E-state index is 0.241. The maximum atomic E-state index is 12.2. The van der Waals surface area contributed by atoms with Crippen LogP contribution in [0.15, 0.2) is 47.6 Å². The Hall–Kier alpha value is -3.63. The Labute approximate surface area is 202 Å². The molecule has 0 heterocycles. The number of hydrazone groups is 1. The van der Waals surface area contributed by atoms with Crippen molar-refractivity contribution >= 4 is 41.2 Å². The number of ether oxygens (including phenoxy) is 3. The minimum atomic E-state index is -0.885. The highest BCUT2D eigenvalue weighted by atomic mass is 35.5. The quantitative estimate of drug-likeness (QED) is 0.181. The molecule has 0 saturated heterocycles. The van der Waals surface area contributed by atoms with Crippen LogP contribution in [-0.2, 0) is 19.1 Å². The lowest BCUT2D eigenvalue weighted by Gasteiger charge is -2.12. The van der Waals surface area contributed by atoms with Crippen LogP contribution in [0.4, 0.5) is 5.69 Å². The molecule has 34 heavy (non-hydrogen) atoms. The molecule has 0 aliphatic heterocycles. The average molecular weight is 491 g/mol. The summed E-state index contributed by atoms with van der Waals surface area (Å²) in [5.41, 5.74) is 3.30. The number of carbonyl (C=O) groups excluding carboxylic acids is 3. The first kappa shape index (κ1) is 26.6. The summed E-state index contributed by atoms with van der Waals surface area (Å²) in [5.74, 6) is -1.28. The van der Waals surface area contributed by atoms with Crippen molar-refractivity contribution in [3.63, 3.8) is 0 Å². The number of benzene rings is 2. The predicted octanol–water partition coefficient (Wildman–Crippen LogP) is 2.36. The first-order valence-electron chi connectivity index (χ1n) is 10.5. The fourth-order valence-electron chi connectivity index (χ4n) is 2.61. The van der Waals surface area contributed by atoms with Gasteiger partial charge in [-0.05, 0) is 55.3 Å². The van der Waals surface area contributed by atoms with Gasteiger partial charge in [0.2, 0.25) is 0 Å². The normalized spacial score (nSPS) is 10.6. The van der Waals surface area contributed by atoms with Crippen LogP contribution in [0.1, 0.15) is 18.9 Å². The third kappa shape index (κ3) is 9.47. The van der Waals surface area contributed by atoms with E-state index in [4.69, 9.17) is 25.8 Å². The van der Waals surface area contributed by atoms with Crippen LogP contribution in [0.3, 0.4) is 0 Å². The van der Waals surface area contributed by atoms with Gasteiger partial charge in [-0.2, -0.15) is 5.10 Å². The number of nitrogens with zero attached hydrogens (tertiary/aromatic N) is 1. The fourth-order valence-corrected chi connectivity index (χ4v) is 2.80. The molecule has 2 aromatic carbocycles. The van der Waals surface area contributed by atoms with Gasteiger partial charge in [-0.1, -0.05) is 17.7 Å². The number of carbonyl (C=O) groups is 3. The molecule has 0 aliphatic carbocycles. The van der Waals surface area contributed by atoms with Gasteiger partial charge in [0.15, 0.2) is 18.1 Å². The number of hydrogen-bond donors (Lipinski definition) is 3. The molecule has 3 N–H and O–H groups in total. The maximum Gasteiger partial charge on any atom is 0.329 e. The van der Waals surface area contributed by atoms with Crippen molar-refractivity contribution in [2.45, 2.75) is 13.3 Å². The largest absolute Gasteiger partial charge is 0.490 e. The van der Waals surface area contributed by atoms with Gasteiger partial charge in [-0.25, -0.2) is 5.43 Å². The van der Waals surface area contributed by atoms with Crippen molar-refractivity contribution in [3.8, 4) is 11.5 Å². The number of amides is 3. The molecule has 2 aromatic rings. The Bertz CT molecular complexity index is 1010. The molecule has 0 unspecified atom stereocenters. The van der Waals surface area contributed by atoms with E-state index in [2.05, 4.69) is 21.2 Å². The maximum absolute atomic E-state index is 12.2. The number of anilines is 1. The van der Waals surface area contributed by atoms with Gasteiger partial charge in [0, 0.05) is 31.0 Å². The molecule has 0 bridgehead atoms. The molecule has 0 spiro atoms. The van der Waals surface area contributed by atoms with E-state index in [0.717, 1.165) is 0 Å². The molecular weight excluding hydrogens is 464 g/mol. The molecule has 0 fully saturated rings. The van der Waals surface area contributed by atoms with Crippen LogP contribution < -0.4 is 25.5 Å². The molecule has 0 atom stereocenters. The van der Waals surface area contributed by atoms with E-state index in [1.807, 2.05) is 6.92 Å². The Morgan fingerprint density at radius 2 is 1.88 bits per heavy atom. The number of hydrogen-bond acceptors (Lipinski definition) is 7. The Morgan fingerprint density at radius 1 is 1.06 bits per heavy atom. The second-order valence-corrected chi connectivity index (χ2v) is 7.22. The average Bonchev–Trinajstić information content (AvgIpc) is 2.81. The van der Waals surface area contributed by atoms with E-state index in [0.29, 0.717) is 54.0 Å². The SMILES string of the molecule is CCOc1cc(/C=N\NC(=O)C(=O)NCCCOC)ccc1OCC(=O)Nc1cccc(Cl)c1. The van der Waals surface area contributed by atoms with Gasteiger partial charge < -0.3 is 24.8 Å². The van der Waals surface area contributed by atoms with E-state index < -0.39 is 11.8 Å². The van der Waals surface area contributed by atoms with E-state index in [9.17, 15) is 14.4 Å². The van der Waals surface area contributed by atoms with Crippen LogP contribution in [0.2, 0.25) is 5.02 Å². The highest BCUT2D eigenvalue weighted by Crippen LogP contribution is 2.28. The van der Waals surface area contributed by atoms with Gasteiger partial charge >= 0.3 is 11.8 Å². The molecule has 0 saturated carbocycles. The van der Waals surface area contributed by atoms with E-state index in [1.54, 1.807) is 49.6 Å². The zero-order valence-electron chi connectivity index (χ0n) is 18.9. The molecule has 2 rings (SSSR count). The van der Waals surface area contributed by atoms with Crippen molar-refractivity contribution in [2.24, 2.45) is 5.10 Å². The lowest BCUT2D eigenvalue weighted by Crippen LogP contribution is -2.38. The van der Waals surface area contributed by atoms with Gasteiger partial charge in [-0.15, -0.1) is 0 Å². The molecular formula is C23H27ClN4O6. The van der Waals surface area contributed by atoms with Gasteiger partial charge in [0.1, 0.15) is 0 Å². The first-order chi connectivity index (χ1) is 16.4. The summed E-state index contributed by atoms with van der Waals surface area (Å²) in [6.07, 6.45) is 1.95. The Morgan fingerprint density at radius 3 is 2.62 bits per heavy atom. The number of rotatable bonds is 12. The third-order valence-electron chi connectivity index (χ3n) is 4.13. The second-order valence-electron chi connectivity index (χ2n) is 6.79. The molecule has 0 aliphatic rings. The lowest BCUT2D eigenvalue weighted by atomic mass is 10.2. The summed E-state index contributed by atoms with van der Waals surface area (Å²) in [6, 6.07) is 11.7. The first-order valence-corrected chi connectivity index (χ1v) is 10.9. The van der Waals surface area contributed by atoms with E-state index >= 15 is 0 Å². The van der Waals surface area contributed by atoms with Crippen molar-refractivity contribution in [2.75, 3.05) is 38.8 Å². The smallest absolute Gasteiger partial charge is 0.329 e. The van der Waals surface area contributed by atoms with Crippen molar-refractivity contribution in [1.29, 1.82) is 0 Å². The van der Waals surface area contributed by atoms with Crippen molar-refractivity contribution < 1.29 is 28.6 Å². The summed E-state index contributed by atoms with van der Waals surface area (Å²) in [4.78, 5) is 35.6. The molecule has 10 nitrogen and oxygen atoms in total. The standard InChI is InChI=1S/C23H27ClN4O6/c1-3-33-20-12-16(14-26-28-23(31)22(30)25-10-5-11-32-2)8-9-19(20)34-15-21(29)27-18-7-4-6-17(24)13-18/h4,6-9,12-14H,3,5,10-11,15H2,1-2H3,(H,25,30)(H,27,29)(H,28,31)/b26-14-. The topological polar surface area (TPSA) is 127 Å². The molecule has 3 amide bonds. The third-order valence-corrected chi connectivity index (χ3v) is 4.37. The van der Waals surface area contributed by atoms with Gasteiger partial charge in [0.25, 0.3) is 5.91 Å². The summed E-state index contributed by atoms with van der Waals surface area (Å²) in [7, 11) is 1.55. The molecule has 0 aromatic heterocycles. The zero-order valence-corrected chi connectivity index (χ0v) is 19.7. The van der Waals surface area contributed by atoms with Crippen LogP contribution in [0.5, 0.6) is 11.5 Å². The number of nitrogens with one attached hydrogen (secondary N) is 3. The highest BCUT2D eigenvalue weighted by molar-refractivity contribution is 6.35. The molecule has 0 radical (unpaired) electrons. The van der Waals surface area contributed by atoms with E-state index in [1.165, 1.54) is 6.21 Å². The summed E-state index contributed by atoms with van der Waals surface area (Å²) < 4.78 is 16.0. The van der Waals surface area contributed by atoms with Crippen molar-refractivity contribution in [1.82, 2.24) is 10.7 Å². The summed E-state index contributed by atoms with van der Waals surface area (Å²) in [5, 5.41) is 9.45. The van der Waals surface area contributed by atoms with Crippen molar-refractivity contribution in [3.05, 3.63) is 53.1 Å². The number of halogens is 1. The lowest BCUT2D eigenvalue weighted by molar-refractivity contribution is -0.139. The monoisotopic (exact) mass is 490 g/mol. The summed E-state index contributed by atoms with van der Waals surface area (Å²) in [6.45, 7) is 2.73. The zero-order chi connectivity index (χ0) is 24.8.